The standard InChI is InChI=1S/C26H30/c1-3-5-6-22-7-9-23(10-8-22)11-12-24-15-19-26(20-16-24)25-17-13-21(4-2)14-18-25/h3,7-10,15-16,19-21,25H,1,4-6,13-14,17-18H2,2H3. The van der Waals surface area contributed by atoms with Gasteiger partial charge in [-0.25, -0.2) is 0 Å². The Morgan fingerprint density at radius 2 is 1.46 bits per heavy atom. The van der Waals surface area contributed by atoms with Crippen molar-refractivity contribution in [3.8, 4) is 11.8 Å². The number of aryl methyl sites for hydroxylation is 1. The van der Waals surface area contributed by atoms with Crippen LogP contribution in [-0.2, 0) is 6.42 Å². The summed E-state index contributed by atoms with van der Waals surface area (Å²) in [6.45, 7) is 6.10. The Bertz CT molecular complexity index is 744. The zero-order valence-corrected chi connectivity index (χ0v) is 16.0. The number of allylic oxidation sites excluding steroid dienone is 1. The van der Waals surface area contributed by atoms with Gasteiger partial charge >= 0.3 is 0 Å². The molecule has 26 heavy (non-hydrogen) atoms. The molecule has 2 aromatic carbocycles. The summed E-state index contributed by atoms with van der Waals surface area (Å²) in [5, 5.41) is 0. The fraction of sp³-hybridized carbons (Fsp3) is 0.385. The van der Waals surface area contributed by atoms with Crippen molar-refractivity contribution in [3.63, 3.8) is 0 Å². The van der Waals surface area contributed by atoms with Crippen LogP contribution in [-0.4, -0.2) is 0 Å². The predicted molar refractivity (Wildman–Crippen MR) is 112 cm³/mol. The quantitative estimate of drug-likeness (QED) is 0.410. The Hall–Kier alpha value is -2.26. The van der Waals surface area contributed by atoms with Crippen LogP contribution in [0.5, 0.6) is 0 Å². The topological polar surface area (TPSA) is 0 Å². The first-order valence-electron chi connectivity index (χ1n) is 10.1. The van der Waals surface area contributed by atoms with Crippen LogP contribution in [0.4, 0.5) is 0 Å². The van der Waals surface area contributed by atoms with Crippen molar-refractivity contribution in [2.45, 2.75) is 57.8 Å². The lowest BCUT2D eigenvalue weighted by Crippen LogP contribution is -2.12. The van der Waals surface area contributed by atoms with E-state index in [0.717, 1.165) is 35.8 Å². The maximum Gasteiger partial charge on any atom is 0.0249 e. The van der Waals surface area contributed by atoms with Gasteiger partial charge in [-0.15, -0.1) is 6.58 Å². The van der Waals surface area contributed by atoms with Gasteiger partial charge in [0.2, 0.25) is 0 Å². The molecule has 1 saturated carbocycles. The molecule has 0 N–H and O–H groups in total. The van der Waals surface area contributed by atoms with Gasteiger partial charge in [0.05, 0.1) is 0 Å². The van der Waals surface area contributed by atoms with E-state index in [1.165, 1.54) is 43.2 Å². The van der Waals surface area contributed by atoms with Crippen LogP contribution < -0.4 is 0 Å². The molecule has 0 spiro atoms. The first kappa shape index (κ1) is 18.5. The lowest BCUT2D eigenvalue weighted by molar-refractivity contribution is 0.319. The van der Waals surface area contributed by atoms with Crippen LogP contribution in [0.1, 0.15) is 73.6 Å². The van der Waals surface area contributed by atoms with Gasteiger partial charge in [0.25, 0.3) is 0 Å². The molecule has 3 rings (SSSR count). The van der Waals surface area contributed by atoms with E-state index in [1.807, 2.05) is 6.08 Å². The Balaban J connectivity index is 1.59. The van der Waals surface area contributed by atoms with E-state index in [0.29, 0.717) is 0 Å². The average Bonchev–Trinajstić information content (AvgIpc) is 2.72. The van der Waals surface area contributed by atoms with Crippen molar-refractivity contribution in [2.75, 3.05) is 0 Å². The Morgan fingerprint density at radius 3 is 2.00 bits per heavy atom. The Labute approximate surface area is 159 Å². The van der Waals surface area contributed by atoms with E-state index in [4.69, 9.17) is 0 Å². The van der Waals surface area contributed by atoms with Crippen LogP contribution in [0.15, 0.2) is 61.2 Å². The fourth-order valence-corrected chi connectivity index (χ4v) is 3.91. The third kappa shape index (κ3) is 5.12. The van der Waals surface area contributed by atoms with Gasteiger partial charge in [-0.3, -0.25) is 0 Å². The number of hydrogen-bond acceptors (Lipinski definition) is 0. The van der Waals surface area contributed by atoms with E-state index < -0.39 is 0 Å². The largest absolute Gasteiger partial charge is 0.103 e. The molecule has 1 fully saturated rings. The molecule has 0 saturated heterocycles. The van der Waals surface area contributed by atoms with Crippen LogP contribution in [0.3, 0.4) is 0 Å². The molecule has 0 radical (unpaired) electrons. The third-order valence-corrected chi connectivity index (χ3v) is 5.75. The number of hydrogen-bond donors (Lipinski definition) is 0. The maximum absolute atomic E-state index is 3.78. The molecule has 1 aliphatic carbocycles. The summed E-state index contributed by atoms with van der Waals surface area (Å²) in [6.07, 6.45) is 10.9. The SMILES string of the molecule is C=CCCc1ccc(C#Cc2ccc(C3CCC(CC)CC3)cc2)cc1. The first-order chi connectivity index (χ1) is 12.8. The third-order valence-electron chi connectivity index (χ3n) is 5.75. The monoisotopic (exact) mass is 342 g/mol. The molecular weight excluding hydrogens is 312 g/mol. The molecule has 134 valence electrons. The molecule has 0 heteroatoms. The highest BCUT2D eigenvalue weighted by atomic mass is 14.3. The molecule has 0 atom stereocenters. The minimum absolute atomic E-state index is 0.753. The van der Waals surface area contributed by atoms with E-state index in [-0.39, 0.29) is 0 Å². The van der Waals surface area contributed by atoms with Gasteiger partial charge in [0.15, 0.2) is 0 Å². The molecule has 0 nitrogen and oxygen atoms in total. The van der Waals surface area contributed by atoms with Crippen LogP contribution >= 0.6 is 0 Å². The van der Waals surface area contributed by atoms with E-state index in [9.17, 15) is 0 Å². The fourth-order valence-electron chi connectivity index (χ4n) is 3.91. The first-order valence-corrected chi connectivity index (χ1v) is 10.1. The smallest absolute Gasteiger partial charge is 0.0249 e. The summed E-state index contributed by atoms with van der Waals surface area (Å²) < 4.78 is 0. The van der Waals surface area contributed by atoms with Crippen molar-refractivity contribution in [2.24, 2.45) is 5.92 Å². The molecule has 0 bridgehead atoms. The van der Waals surface area contributed by atoms with Crippen molar-refractivity contribution in [3.05, 3.63) is 83.4 Å². The second kappa shape index (κ2) is 9.44. The van der Waals surface area contributed by atoms with Gasteiger partial charge < -0.3 is 0 Å². The van der Waals surface area contributed by atoms with Crippen LogP contribution in [0.2, 0.25) is 0 Å². The molecule has 0 unspecified atom stereocenters. The summed E-state index contributed by atoms with van der Waals surface area (Å²) in [7, 11) is 0. The molecule has 2 aromatic rings. The lowest BCUT2D eigenvalue weighted by atomic mass is 9.78. The van der Waals surface area contributed by atoms with Gasteiger partial charge in [-0.05, 0) is 85.8 Å². The highest BCUT2D eigenvalue weighted by molar-refractivity contribution is 5.44. The zero-order chi connectivity index (χ0) is 18.2. The van der Waals surface area contributed by atoms with Gasteiger partial charge in [0, 0.05) is 11.1 Å². The normalized spacial score (nSPS) is 19.4. The second-order valence-electron chi connectivity index (χ2n) is 7.52. The summed E-state index contributed by atoms with van der Waals surface area (Å²) in [5.74, 6) is 8.30. The maximum atomic E-state index is 3.78. The second-order valence-corrected chi connectivity index (χ2v) is 7.52. The zero-order valence-electron chi connectivity index (χ0n) is 16.0. The van der Waals surface area contributed by atoms with E-state index in [2.05, 4.69) is 73.9 Å². The van der Waals surface area contributed by atoms with Crippen molar-refractivity contribution in [1.29, 1.82) is 0 Å². The molecule has 0 heterocycles. The predicted octanol–water partition coefficient (Wildman–Crippen LogP) is 6.89. The molecule has 0 aromatic heterocycles. The molecular formula is C26H30. The minimum Gasteiger partial charge on any atom is -0.103 e. The molecule has 0 aliphatic heterocycles. The lowest BCUT2D eigenvalue weighted by Gasteiger charge is -2.28. The van der Waals surface area contributed by atoms with Crippen molar-refractivity contribution < 1.29 is 0 Å². The number of rotatable bonds is 5. The van der Waals surface area contributed by atoms with E-state index in [1.54, 1.807) is 0 Å². The summed E-state index contributed by atoms with van der Waals surface area (Å²) in [4.78, 5) is 0. The molecule has 0 amide bonds. The average molecular weight is 343 g/mol. The van der Waals surface area contributed by atoms with Crippen LogP contribution in [0.25, 0.3) is 0 Å². The summed E-state index contributed by atoms with van der Waals surface area (Å²) >= 11 is 0. The van der Waals surface area contributed by atoms with Gasteiger partial charge in [0.1, 0.15) is 0 Å². The molecule has 1 aliphatic rings. The Kier molecular flexibility index (Phi) is 6.73. The number of benzene rings is 2. The Morgan fingerprint density at radius 1 is 0.885 bits per heavy atom. The van der Waals surface area contributed by atoms with E-state index >= 15 is 0 Å². The van der Waals surface area contributed by atoms with Gasteiger partial charge in [-0.2, -0.15) is 0 Å². The summed E-state index contributed by atoms with van der Waals surface area (Å²) in [6, 6.07) is 17.5. The highest BCUT2D eigenvalue weighted by Gasteiger charge is 2.20. The van der Waals surface area contributed by atoms with Gasteiger partial charge in [-0.1, -0.05) is 55.5 Å². The van der Waals surface area contributed by atoms with Crippen molar-refractivity contribution >= 4 is 0 Å². The summed E-state index contributed by atoms with van der Waals surface area (Å²) in [5.41, 5.74) is 5.02. The van der Waals surface area contributed by atoms with Crippen molar-refractivity contribution in [1.82, 2.24) is 0 Å². The minimum atomic E-state index is 0.753. The van der Waals surface area contributed by atoms with Crippen LogP contribution in [0, 0.1) is 17.8 Å². The highest BCUT2D eigenvalue weighted by Crippen LogP contribution is 2.36.